The van der Waals surface area contributed by atoms with Crippen molar-refractivity contribution in [3.8, 4) is 11.5 Å². The number of methoxy groups -OCH3 is 2. The molecule has 4 atom stereocenters. The van der Waals surface area contributed by atoms with Crippen molar-refractivity contribution in [1.29, 1.82) is 0 Å². The van der Waals surface area contributed by atoms with Gasteiger partial charge in [0.25, 0.3) is 5.56 Å². The fourth-order valence-corrected chi connectivity index (χ4v) is 5.01. The Bertz CT molecular complexity index is 1460. The molecule has 1 unspecified atom stereocenters. The fourth-order valence-electron chi connectivity index (χ4n) is 5.01. The van der Waals surface area contributed by atoms with Crippen LogP contribution in [0.1, 0.15) is 22.9 Å². The highest BCUT2D eigenvalue weighted by molar-refractivity contribution is 5.49. The molecule has 2 N–H and O–H groups in total. The molecule has 3 aromatic carbocycles. The number of benzene rings is 3. The predicted octanol–water partition coefficient (Wildman–Crippen LogP) is 3.16. The first kappa shape index (κ1) is 27.3. The van der Waals surface area contributed by atoms with E-state index in [0.29, 0.717) is 16.1 Å². The average molecular weight is 549 g/mol. The normalized spacial score (nSPS) is 20.8. The molecule has 4 aromatic rings. The number of hydrogen-bond acceptors (Lipinski definition) is 7. The van der Waals surface area contributed by atoms with Crippen LogP contribution in [0.4, 0.5) is 4.39 Å². The smallest absolute Gasteiger partial charge is 0.330 e. The second-order valence-electron chi connectivity index (χ2n) is 9.31. The molecule has 2 heterocycles. The zero-order valence-corrected chi connectivity index (χ0v) is 21.9. The van der Waals surface area contributed by atoms with Gasteiger partial charge in [-0.05, 0) is 41.0 Å². The van der Waals surface area contributed by atoms with Gasteiger partial charge in [-0.15, -0.1) is 0 Å². The number of nitrogens with one attached hydrogen (secondary N) is 1. The molecule has 1 aromatic heterocycles. The number of halogens is 1. The van der Waals surface area contributed by atoms with Crippen LogP contribution in [0.5, 0.6) is 11.5 Å². The van der Waals surface area contributed by atoms with Crippen LogP contribution >= 0.6 is 0 Å². The van der Waals surface area contributed by atoms with Gasteiger partial charge in [0, 0.05) is 12.3 Å². The molecule has 9 nitrogen and oxygen atoms in total. The summed E-state index contributed by atoms with van der Waals surface area (Å²) in [4.78, 5) is 27.0. The number of alkyl halides is 1. The maximum atomic E-state index is 15.3. The van der Waals surface area contributed by atoms with Crippen LogP contribution < -0.4 is 20.7 Å². The molecule has 0 spiro atoms. The third kappa shape index (κ3) is 4.92. The van der Waals surface area contributed by atoms with Crippen molar-refractivity contribution < 1.29 is 28.4 Å². The van der Waals surface area contributed by atoms with Crippen molar-refractivity contribution >= 4 is 0 Å². The Labute approximate surface area is 229 Å². The molecule has 10 heteroatoms. The molecule has 0 radical (unpaired) electrons. The maximum Gasteiger partial charge on any atom is 0.330 e. The highest BCUT2D eigenvalue weighted by atomic mass is 19.1. The Kier molecular flexibility index (Phi) is 7.83. The third-order valence-electron chi connectivity index (χ3n) is 7.07. The third-order valence-corrected chi connectivity index (χ3v) is 7.07. The van der Waals surface area contributed by atoms with Gasteiger partial charge in [0.2, 0.25) is 0 Å². The van der Waals surface area contributed by atoms with Gasteiger partial charge in [-0.2, -0.15) is 0 Å². The van der Waals surface area contributed by atoms with Gasteiger partial charge in [0.1, 0.15) is 29.3 Å². The lowest BCUT2D eigenvalue weighted by Crippen LogP contribution is -2.40. The second-order valence-corrected chi connectivity index (χ2v) is 9.31. The number of rotatable bonds is 9. The van der Waals surface area contributed by atoms with Crippen LogP contribution in [0.15, 0.2) is 101 Å². The van der Waals surface area contributed by atoms with Crippen molar-refractivity contribution in [1.82, 2.24) is 9.55 Å². The predicted molar refractivity (Wildman–Crippen MR) is 144 cm³/mol. The monoisotopic (exact) mass is 548 g/mol. The Morgan fingerprint density at radius 3 is 1.95 bits per heavy atom. The Morgan fingerprint density at radius 1 is 0.875 bits per heavy atom. The first-order valence-corrected chi connectivity index (χ1v) is 12.7. The zero-order chi connectivity index (χ0) is 28.3. The molecular formula is C30H29FN2O7. The van der Waals surface area contributed by atoms with Crippen LogP contribution in [0.2, 0.25) is 0 Å². The molecule has 0 amide bonds. The maximum absolute atomic E-state index is 15.3. The highest BCUT2D eigenvalue weighted by Crippen LogP contribution is 2.42. The van der Waals surface area contributed by atoms with Crippen LogP contribution in [-0.2, 0) is 15.1 Å². The lowest BCUT2D eigenvalue weighted by Gasteiger charge is -2.37. The summed E-state index contributed by atoms with van der Waals surface area (Å²) in [6.07, 6.45) is -5.34. The summed E-state index contributed by atoms with van der Waals surface area (Å²) in [5.74, 6) is 1.30. The first-order valence-electron chi connectivity index (χ1n) is 12.7. The quantitative estimate of drug-likeness (QED) is 0.309. The van der Waals surface area contributed by atoms with Crippen molar-refractivity contribution in [3.63, 3.8) is 0 Å². The summed E-state index contributed by atoms with van der Waals surface area (Å²) in [5.41, 5.74) is -0.581. The van der Waals surface area contributed by atoms with E-state index in [1.54, 1.807) is 14.2 Å². The molecule has 1 fully saturated rings. The van der Waals surface area contributed by atoms with Crippen LogP contribution in [0, 0.1) is 0 Å². The number of aromatic amines is 1. The van der Waals surface area contributed by atoms with E-state index in [9.17, 15) is 14.7 Å². The highest BCUT2D eigenvalue weighted by Gasteiger charge is 2.48. The van der Waals surface area contributed by atoms with E-state index in [4.69, 9.17) is 18.9 Å². The number of aromatic nitrogens is 2. The average Bonchev–Trinajstić information content (AvgIpc) is 3.27. The number of H-pyrrole nitrogens is 1. The summed E-state index contributed by atoms with van der Waals surface area (Å²) >= 11 is 0. The van der Waals surface area contributed by atoms with Gasteiger partial charge in [-0.3, -0.25) is 4.79 Å². The molecule has 1 saturated heterocycles. The van der Waals surface area contributed by atoms with Crippen LogP contribution in [-0.4, -0.2) is 53.9 Å². The molecule has 0 bridgehead atoms. The van der Waals surface area contributed by atoms with Crippen molar-refractivity contribution in [3.05, 3.63) is 129 Å². The van der Waals surface area contributed by atoms with E-state index in [1.165, 1.54) is 0 Å². The molecule has 208 valence electrons. The number of hydrogen-bond donors (Lipinski definition) is 2. The summed E-state index contributed by atoms with van der Waals surface area (Å²) in [5, 5.41) is 10.8. The summed E-state index contributed by atoms with van der Waals surface area (Å²) in [6.45, 7) is -0.273. The molecular weight excluding hydrogens is 519 g/mol. The summed E-state index contributed by atoms with van der Waals surface area (Å²) in [6, 6.07) is 25.2. The molecule has 1 aliphatic heterocycles. The van der Waals surface area contributed by atoms with Gasteiger partial charge in [0.15, 0.2) is 12.4 Å². The molecule has 1 aliphatic rings. The number of nitrogens with zero attached hydrogens (tertiary/aromatic N) is 1. The van der Waals surface area contributed by atoms with Gasteiger partial charge >= 0.3 is 5.69 Å². The largest absolute Gasteiger partial charge is 0.497 e. The zero-order valence-electron chi connectivity index (χ0n) is 21.9. The second kappa shape index (κ2) is 11.5. The minimum atomic E-state index is -2.04. The number of aliphatic hydroxyl groups is 1. The molecule has 5 rings (SSSR count). The topological polar surface area (TPSA) is 112 Å². The molecule has 0 aliphatic carbocycles. The Hall–Kier alpha value is -4.25. The van der Waals surface area contributed by atoms with E-state index in [-0.39, 0.29) is 6.61 Å². The molecule has 0 saturated carbocycles. The van der Waals surface area contributed by atoms with E-state index in [1.807, 2.05) is 78.9 Å². The minimum Gasteiger partial charge on any atom is -0.497 e. The van der Waals surface area contributed by atoms with Crippen molar-refractivity contribution in [2.24, 2.45) is 0 Å². The van der Waals surface area contributed by atoms with Crippen LogP contribution in [0.3, 0.4) is 0 Å². The van der Waals surface area contributed by atoms with Gasteiger partial charge in [-0.1, -0.05) is 54.6 Å². The van der Waals surface area contributed by atoms with E-state index in [0.717, 1.165) is 29.0 Å². The van der Waals surface area contributed by atoms with Crippen LogP contribution in [0.25, 0.3) is 0 Å². The minimum absolute atomic E-state index is 0.273. The SMILES string of the molecule is COc1ccc(C(OC[C@H]2O[C@H](n3c(=O)cc[nH]c3=O)C(F)[C@H]2O)(c2ccccc2)c2ccc(OC)cc2)cc1. The van der Waals surface area contributed by atoms with E-state index >= 15 is 4.39 Å². The Balaban J connectivity index is 1.57. The fraction of sp³-hybridized carbons (Fsp3) is 0.267. The van der Waals surface area contributed by atoms with E-state index in [2.05, 4.69) is 4.98 Å². The lowest BCUT2D eigenvalue weighted by atomic mass is 9.80. The number of aliphatic hydroxyl groups excluding tert-OH is 1. The van der Waals surface area contributed by atoms with Crippen molar-refractivity contribution in [2.75, 3.05) is 20.8 Å². The Morgan fingerprint density at radius 2 is 1.43 bits per heavy atom. The lowest BCUT2D eigenvalue weighted by molar-refractivity contribution is -0.0956. The van der Waals surface area contributed by atoms with E-state index < -0.39 is 41.5 Å². The van der Waals surface area contributed by atoms with Crippen molar-refractivity contribution in [2.45, 2.75) is 30.2 Å². The standard InChI is InChI=1S/C30H29FN2O7/c1-37-22-12-8-20(9-13-22)30(19-6-4-3-5-7-19,21-10-14-23(38-2)15-11-21)39-18-24-27(35)26(31)28(40-24)33-25(34)16-17-32-29(33)36/h3-17,24,26-28,35H,18H2,1-2H3,(H,32,36)/t24-,26?,27+,28+/m1/s1. The van der Waals surface area contributed by atoms with Gasteiger partial charge in [-0.25, -0.2) is 13.8 Å². The summed E-state index contributed by atoms with van der Waals surface area (Å²) < 4.78 is 39.0. The molecule has 40 heavy (non-hydrogen) atoms. The summed E-state index contributed by atoms with van der Waals surface area (Å²) in [7, 11) is 3.15. The van der Waals surface area contributed by atoms with Gasteiger partial charge < -0.3 is 29.0 Å². The van der Waals surface area contributed by atoms with Gasteiger partial charge in [0.05, 0.1) is 20.8 Å². The number of ether oxygens (including phenoxy) is 4. The first-order chi connectivity index (χ1) is 19.4.